The molecule has 0 amide bonds. The zero-order chi connectivity index (χ0) is 20.3. The predicted octanol–water partition coefficient (Wildman–Crippen LogP) is 2.02. The van der Waals surface area contributed by atoms with Crippen LogP contribution in [0.25, 0.3) is 11.4 Å². The lowest BCUT2D eigenvalue weighted by molar-refractivity contribution is -0.137. The van der Waals surface area contributed by atoms with E-state index in [2.05, 4.69) is 15.1 Å². The molecule has 11 heteroatoms. The molecule has 0 fully saturated rings. The number of nitrogens with two attached hydrogens (primary N) is 1. The first kappa shape index (κ1) is 19.5. The van der Waals surface area contributed by atoms with Crippen LogP contribution in [0, 0.1) is 5.82 Å². The summed E-state index contributed by atoms with van der Waals surface area (Å²) in [6, 6.07) is 6.68. The number of pyridine rings is 1. The number of nitrogens with zero attached hydrogens (tertiary/aromatic N) is 3. The number of rotatable bonds is 7. The van der Waals surface area contributed by atoms with Gasteiger partial charge in [-0.2, -0.15) is 0 Å². The second kappa shape index (κ2) is 8.19. The molecule has 0 aliphatic carbocycles. The number of ether oxygens (including phenoxy) is 1. The van der Waals surface area contributed by atoms with Gasteiger partial charge in [-0.25, -0.2) is 18.9 Å². The standard InChI is InChI=1S/C17H15ClFN5O4/c18-10-5-13(19)16(21-7-10)28-12-3-1-9(2-4-12)15-22-17(27)24(23-15)8-11(20)6-14(25)26/h1-5,7,11H,6,8,20H2,(H,25,26)(H,22,23,27). The molecule has 3 aromatic rings. The van der Waals surface area contributed by atoms with Crippen molar-refractivity contribution in [2.75, 3.05) is 0 Å². The van der Waals surface area contributed by atoms with Crippen molar-refractivity contribution in [2.45, 2.75) is 19.0 Å². The van der Waals surface area contributed by atoms with Crippen molar-refractivity contribution in [3.05, 3.63) is 57.9 Å². The number of carboxylic acid groups (broad SMARTS) is 1. The van der Waals surface area contributed by atoms with Crippen LogP contribution >= 0.6 is 11.6 Å². The summed E-state index contributed by atoms with van der Waals surface area (Å²) in [6.07, 6.45) is 0.983. The van der Waals surface area contributed by atoms with Crippen LogP contribution in [-0.2, 0) is 11.3 Å². The summed E-state index contributed by atoms with van der Waals surface area (Å²) in [4.78, 5) is 29.0. The molecule has 28 heavy (non-hydrogen) atoms. The van der Waals surface area contributed by atoms with Crippen LogP contribution in [0.15, 0.2) is 41.3 Å². The van der Waals surface area contributed by atoms with Crippen LogP contribution in [0.4, 0.5) is 4.39 Å². The quantitative estimate of drug-likeness (QED) is 0.545. The molecule has 0 spiro atoms. The molecule has 1 unspecified atom stereocenters. The number of benzene rings is 1. The number of aromatic amines is 1. The first-order valence-corrected chi connectivity index (χ1v) is 8.43. The van der Waals surface area contributed by atoms with E-state index in [4.69, 9.17) is 27.2 Å². The van der Waals surface area contributed by atoms with Gasteiger partial charge in [0.05, 0.1) is 18.0 Å². The Morgan fingerprint density at radius 2 is 2.11 bits per heavy atom. The number of carboxylic acids is 1. The first-order chi connectivity index (χ1) is 13.3. The van der Waals surface area contributed by atoms with Crippen molar-refractivity contribution in [3.8, 4) is 23.0 Å². The van der Waals surface area contributed by atoms with Gasteiger partial charge in [0.25, 0.3) is 5.88 Å². The van der Waals surface area contributed by atoms with Crippen LogP contribution in [0.3, 0.4) is 0 Å². The Balaban J connectivity index is 1.74. The largest absolute Gasteiger partial charge is 0.481 e. The molecule has 2 heterocycles. The number of aromatic nitrogens is 4. The van der Waals surface area contributed by atoms with Crippen molar-refractivity contribution < 1.29 is 19.0 Å². The Morgan fingerprint density at radius 1 is 1.39 bits per heavy atom. The molecular formula is C17H15ClFN5O4. The molecular weight excluding hydrogens is 393 g/mol. The van der Waals surface area contributed by atoms with Gasteiger partial charge in [0.2, 0.25) is 0 Å². The van der Waals surface area contributed by atoms with E-state index in [1.807, 2.05) is 0 Å². The van der Waals surface area contributed by atoms with E-state index in [1.54, 1.807) is 24.3 Å². The molecule has 1 aromatic carbocycles. The fourth-order valence-electron chi connectivity index (χ4n) is 2.39. The highest BCUT2D eigenvalue weighted by Gasteiger charge is 2.14. The summed E-state index contributed by atoms with van der Waals surface area (Å²) >= 11 is 5.65. The smallest absolute Gasteiger partial charge is 0.343 e. The average molecular weight is 408 g/mol. The van der Waals surface area contributed by atoms with Gasteiger partial charge in [0.15, 0.2) is 11.6 Å². The molecule has 0 aliphatic heterocycles. The van der Waals surface area contributed by atoms with Crippen molar-refractivity contribution in [1.29, 1.82) is 0 Å². The van der Waals surface area contributed by atoms with E-state index in [-0.39, 0.29) is 29.7 Å². The van der Waals surface area contributed by atoms with E-state index >= 15 is 0 Å². The number of hydrogen-bond acceptors (Lipinski definition) is 6. The lowest BCUT2D eigenvalue weighted by atomic mass is 10.2. The van der Waals surface area contributed by atoms with Crippen LogP contribution < -0.4 is 16.2 Å². The maximum absolute atomic E-state index is 13.7. The normalized spacial score (nSPS) is 12.0. The van der Waals surface area contributed by atoms with Crippen molar-refractivity contribution in [1.82, 2.24) is 19.7 Å². The van der Waals surface area contributed by atoms with Crippen molar-refractivity contribution in [3.63, 3.8) is 0 Å². The van der Waals surface area contributed by atoms with Crippen molar-refractivity contribution >= 4 is 17.6 Å². The van der Waals surface area contributed by atoms with Gasteiger partial charge in [-0.1, -0.05) is 11.6 Å². The zero-order valence-corrected chi connectivity index (χ0v) is 15.1. The molecule has 0 aliphatic rings. The molecule has 1 atom stereocenters. The number of nitrogens with one attached hydrogen (secondary N) is 1. The Morgan fingerprint density at radius 3 is 2.75 bits per heavy atom. The van der Waals surface area contributed by atoms with E-state index in [0.717, 1.165) is 10.7 Å². The van der Waals surface area contributed by atoms with Crippen LogP contribution in [0.2, 0.25) is 5.02 Å². The number of halogens is 2. The lowest BCUT2D eigenvalue weighted by Crippen LogP contribution is -2.33. The summed E-state index contributed by atoms with van der Waals surface area (Å²) in [5.41, 5.74) is 5.74. The van der Waals surface area contributed by atoms with E-state index in [9.17, 15) is 14.0 Å². The molecule has 9 nitrogen and oxygen atoms in total. The monoisotopic (exact) mass is 407 g/mol. The maximum Gasteiger partial charge on any atom is 0.343 e. The highest BCUT2D eigenvalue weighted by molar-refractivity contribution is 6.30. The minimum Gasteiger partial charge on any atom is -0.481 e. The predicted molar refractivity (Wildman–Crippen MR) is 97.8 cm³/mol. The van der Waals surface area contributed by atoms with Crippen molar-refractivity contribution in [2.24, 2.45) is 5.73 Å². The summed E-state index contributed by atoms with van der Waals surface area (Å²) < 4.78 is 20.2. The van der Waals surface area contributed by atoms with Crippen LogP contribution in [0.1, 0.15) is 6.42 Å². The second-order valence-corrected chi connectivity index (χ2v) is 6.32. The first-order valence-electron chi connectivity index (χ1n) is 8.05. The van der Waals surface area contributed by atoms with Gasteiger partial charge in [-0.05, 0) is 30.3 Å². The molecule has 0 radical (unpaired) electrons. The number of H-pyrrole nitrogens is 1. The molecule has 0 saturated heterocycles. The Kier molecular flexibility index (Phi) is 5.71. The SMILES string of the molecule is NC(CC(=O)O)Cn1nc(-c2ccc(Oc3ncc(Cl)cc3F)cc2)[nH]c1=O. The molecule has 0 saturated carbocycles. The third kappa shape index (κ3) is 4.72. The number of hydrogen-bond donors (Lipinski definition) is 3. The molecule has 146 valence electrons. The number of carbonyl (C=O) groups is 1. The summed E-state index contributed by atoms with van der Waals surface area (Å²) in [7, 11) is 0. The van der Waals surface area contributed by atoms with E-state index < -0.39 is 23.5 Å². The summed E-state index contributed by atoms with van der Waals surface area (Å²) in [5.74, 6) is -1.38. The molecule has 2 aromatic heterocycles. The van der Waals surface area contributed by atoms with Gasteiger partial charge in [0, 0.05) is 17.8 Å². The van der Waals surface area contributed by atoms with Crippen LogP contribution in [-0.4, -0.2) is 36.9 Å². The third-order valence-corrected chi connectivity index (χ3v) is 3.85. The summed E-state index contributed by atoms with van der Waals surface area (Å²) in [6.45, 7) is -0.0374. The molecule has 3 rings (SSSR count). The van der Waals surface area contributed by atoms with Gasteiger partial charge in [0.1, 0.15) is 5.75 Å². The van der Waals surface area contributed by atoms with Gasteiger partial charge < -0.3 is 15.6 Å². The summed E-state index contributed by atoms with van der Waals surface area (Å²) in [5, 5.41) is 13.0. The van der Waals surface area contributed by atoms with Gasteiger partial charge in [-0.3, -0.25) is 9.78 Å². The van der Waals surface area contributed by atoms with E-state index in [0.29, 0.717) is 11.3 Å². The Hall–Kier alpha value is -3.24. The number of aliphatic carboxylic acids is 1. The van der Waals surface area contributed by atoms with E-state index in [1.165, 1.54) is 6.20 Å². The van der Waals surface area contributed by atoms with Gasteiger partial charge in [-0.15, -0.1) is 5.10 Å². The second-order valence-electron chi connectivity index (χ2n) is 5.89. The maximum atomic E-state index is 13.7. The molecule has 0 bridgehead atoms. The highest BCUT2D eigenvalue weighted by Crippen LogP contribution is 2.25. The Labute approximate surface area is 162 Å². The topological polar surface area (TPSA) is 136 Å². The fourth-order valence-corrected chi connectivity index (χ4v) is 2.54. The Bertz CT molecular complexity index is 1050. The average Bonchev–Trinajstić information content (AvgIpc) is 2.98. The third-order valence-electron chi connectivity index (χ3n) is 3.64. The zero-order valence-electron chi connectivity index (χ0n) is 14.3. The minimum absolute atomic E-state index is 0.0374. The highest BCUT2D eigenvalue weighted by atomic mass is 35.5. The van der Waals surface area contributed by atoms with Crippen LogP contribution in [0.5, 0.6) is 11.6 Å². The van der Waals surface area contributed by atoms with Gasteiger partial charge >= 0.3 is 11.7 Å². The minimum atomic E-state index is -1.06. The molecule has 4 N–H and O–H groups in total. The fraction of sp³-hybridized carbons (Fsp3) is 0.176. The lowest BCUT2D eigenvalue weighted by Gasteiger charge is -2.07.